The van der Waals surface area contributed by atoms with Crippen molar-refractivity contribution in [1.82, 2.24) is 10.2 Å². The molecule has 0 spiro atoms. The molecule has 0 bridgehead atoms. The van der Waals surface area contributed by atoms with E-state index in [4.69, 9.17) is 0 Å². The number of rotatable bonds is 2. The van der Waals surface area contributed by atoms with Crippen LogP contribution in [0.1, 0.15) is 47.7 Å². The molecule has 0 saturated heterocycles. The van der Waals surface area contributed by atoms with Crippen LogP contribution < -0.4 is 0 Å². The summed E-state index contributed by atoms with van der Waals surface area (Å²) in [5, 5.41) is 8.56. The van der Waals surface area contributed by atoms with Crippen molar-refractivity contribution in [3.63, 3.8) is 0 Å². The largest absolute Gasteiger partial charge is 0.298 e. The molecule has 1 aliphatic rings. The minimum Gasteiger partial charge on any atom is -0.298 e. The van der Waals surface area contributed by atoms with Gasteiger partial charge in [-0.2, -0.15) is 5.10 Å². The normalized spacial score (nSPS) is 17.0. The number of nitrogens with one attached hydrogen (secondary N) is 1. The van der Waals surface area contributed by atoms with Crippen molar-refractivity contribution in [3.8, 4) is 0 Å². The van der Waals surface area contributed by atoms with Crippen LogP contribution in [-0.4, -0.2) is 16.5 Å². The number of carbonyl (C=O) groups is 1. The molecule has 0 atom stereocenters. The Morgan fingerprint density at radius 3 is 2.88 bits per heavy atom. The second-order valence-electron chi connectivity index (χ2n) is 4.51. The van der Waals surface area contributed by atoms with E-state index in [1.165, 1.54) is 31.4 Å². The summed E-state index contributed by atoms with van der Waals surface area (Å²) in [4.78, 5) is 10.8. The highest BCUT2D eigenvalue weighted by molar-refractivity contribution is 5.88. The summed E-state index contributed by atoms with van der Waals surface area (Å²) < 4.78 is 0. The molecule has 0 aliphatic heterocycles. The number of aldehydes is 1. The van der Waals surface area contributed by atoms with E-state index in [9.17, 15) is 4.79 Å². The molecule has 1 saturated carbocycles. The van der Waals surface area contributed by atoms with Gasteiger partial charge in [-0.05, 0) is 31.0 Å². The van der Waals surface area contributed by atoms with Crippen LogP contribution in [0.15, 0.2) is 18.2 Å². The van der Waals surface area contributed by atoms with Crippen LogP contribution in [-0.2, 0) is 0 Å². The summed E-state index contributed by atoms with van der Waals surface area (Å²) in [6.45, 7) is 0. The molecular weight excluding hydrogens is 200 g/mol. The second kappa shape index (κ2) is 3.74. The van der Waals surface area contributed by atoms with Gasteiger partial charge in [-0.15, -0.1) is 0 Å². The average molecular weight is 214 g/mol. The first-order valence-electron chi connectivity index (χ1n) is 5.81. The Bertz CT molecular complexity index is 524. The molecule has 3 nitrogen and oxygen atoms in total. The zero-order chi connectivity index (χ0) is 11.0. The van der Waals surface area contributed by atoms with Crippen LogP contribution in [0, 0.1) is 0 Å². The Morgan fingerprint density at radius 1 is 1.31 bits per heavy atom. The van der Waals surface area contributed by atoms with E-state index in [2.05, 4.69) is 10.2 Å². The first-order chi connectivity index (χ1) is 7.88. The van der Waals surface area contributed by atoms with Gasteiger partial charge in [-0.25, -0.2) is 0 Å². The maximum atomic E-state index is 10.8. The molecule has 3 heteroatoms. The lowest BCUT2D eigenvalue weighted by atomic mass is 10.00. The Kier molecular flexibility index (Phi) is 2.24. The summed E-state index contributed by atoms with van der Waals surface area (Å²) in [5.41, 5.74) is 2.91. The standard InChI is InChI=1S/C13H14N2O/c16-8-9-5-6-12-11(7-9)13(15-14-12)10-3-1-2-4-10/h5-8,10H,1-4H2,(H,14,15). The van der Waals surface area contributed by atoms with Gasteiger partial charge in [-0.1, -0.05) is 12.8 Å². The van der Waals surface area contributed by atoms with Gasteiger partial charge < -0.3 is 0 Å². The smallest absolute Gasteiger partial charge is 0.150 e. The summed E-state index contributed by atoms with van der Waals surface area (Å²) in [6.07, 6.45) is 5.98. The minimum atomic E-state index is 0.604. The minimum absolute atomic E-state index is 0.604. The van der Waals surface area contributed by atoms with Gasteiger partial charge in [0.2, 0.25) is 0 Å². The summed E-state index contributed by atoms with van der Waals surface area (Å²) in [5.74, 6) is 0.604. The lowest BCUT2D eigenvalue weighted by Gasteiger charge is -2.06. The lowest BCUT2D eigenvalue weighted by Crippen LogP contribution is -1.93. The van der Waals surface area contributed by atoms with Gasteiger partial charge in [0.15, 0.2) is 0 Å². The zero-order valence-electron chi connectivity index (χ0n) is 9.07. The zero-order valence-corrected chi connectivity index (χ0v) is 9.07. The maximum Gasteiger partial charge on any atom is 0.150 e. The molecule has 0 unspecified atom stereocenters. The van der Waals surface area contributed by atoms with Crippen molar-refractivity contribution >= 4 is 17.2 Å². The summed E-state index contributed by atoms with van der Waals surface area (Å²) in [7, 11) is 0. The van der Waals surface area contributed by atoms with Gasteiger partial charge in [0.25, 0.3) is 0 Å². The topological polar surface area (TPSA) is 45.8 Å². The number of aromatic nitrogens is 2. The van der Waals surface area contributed by atoms with Crippen LogP contribution in [0.5, 0.6) is 0 Å². The van der Waals surface area contributed by atoms with Crippen LogP contribution >= 0.6 is 0 Å². The molecular formula is C13H14N2O. The van der Waals surface area contributed by atoms with E-state index in [0.29, 0.717) is 5.92 Å². The van der Waals surface area contributed by atoms with Gasteiger partial charge in [0.05, 0.1) is 5.52 Å². The predicted molar refractivity (Wildman–Crippen MR) is 62.7 cm³/mol. The van der Waals surface area contributed by atoms with E-state index in [1.54, 1.807) is 0 Å². The third-order valence-corrected chi connectivity index (χ3v) is 3.51. The number of hydrogen-bond acceptors (Lipinski definition) is 2. The predicted octanol–water partition coefficient (Wildman–Crippen LogP) is 3.03. The monoisotopic (exact) mass is 214 g/mol. The number of aromatic amines is 1. The quantitative estimate of drug-likeness (QED) is 0.781. The van der Waals surface area contributed by atoms with Crippen LogP contribution in [0.3, 0.4) is 0 Å². The third-order valence-electron chi connectivity index (χ3n) is 3.51. The van der Waals surface area contributed by atoms with Gasteiger partial charge in [0, 0.05) is 22.6 Å². The van der Waals surface area contributed by atoms with Crippen molar-refractivity contribution in [2.24, 2.45) is 0 Å². The van der Waals surface area contributed by atoms with Gasteiger partial charge >= 0.3 is 0 Å². The average Bonchev–Trinajstić information content (AvgIpc) is 2.96. The summed E-state index contributed by atoms with van der Waals surface area (Å²) in [6, 6.07) is 5.67. The number of nitrogens with zero attached hydrogens (tertiary/aromatic N) is 1. The van der Waals surface area contributed by atoms with E-state index >= 15 is 0 Å². The summed E-state index contributed by atoms with van der Waals surface area (Å²) >= 11 is 0. The van der Waals surface area contributed by atoms with Crippen molar-refractivity contribution in [3.05, 3.63) is 29.5 Å². The molecule has 1 aliphatic carbocycles. The fraction of sp³-hybridized carbons (Fsp3) is 0.385. The number of H-pyrrole nitrogens is 1. The molecule has 1 N–H and O–H groups in total. The molecule has 2 aromatic rings. The van der Waals surface area contributed by atoms with E-state index < -0.39 is 0 Å². The first kappa shape index (κ1) is 9.58. The van der Waals surface area contributed by atoms with Crippen molar-refractivity contribution < 1.29 is 4.79 Å². The molecule has 16 heavy (non-hydrogen) atoms. The van der Waals surface area contributed by atoms with Crippen molar-refractivity contribution in [2.75, 3.05) is 0 Å². The fourth-order valence-corrected chi connectivity index (χ4v) is 2.65. The van der Waals surface area contributed by atoms with E-state index in [0.717, 1.165) is 22.8 Å². The second-order valence-corrected chi connectivity index (χ2v) is 4.51. The van der Waals surface area contributed by atoms with Crippen LogP contribution in [0.2, 0.25) is 0 Å². The van der Waals surface area contributed by atoms with Gasteiger partial charge in [0.1, 0.15) is 6.29 Å². The Balaban J connectivity index is 2.13. The first-order valence-corrected chi connectivity index (χ1v) is 5.81. The maximum absolute atomic E-state index is 10.8. The van der Waals surface area contributed by atoms with Crippen LogP contribution in [0.25, 0.3) is 10.9 Å². The Morgan fingerprint density at radius 2 is 2.12 bits per heavy atom. The molecule has 3 rings (SSSR count). The molecule has 1 heterocycles. The van der Waals surface area contributed by atoms with E-state index in [-0.39, 0.29) is 0 Å². The Labute approximate surface area is 93.9 Å². The van der Waals surface area contributed by atoms with Gasteiger partial charge in [-0.3, -0.25) is 9.89 Å². The van der Waals surface area contributed by atoms with Crippen LogP contribution in [0.4, 0.5) is 0 Å². The molecule has 1 fully saturated rings. The third kappa shape index (κ3) is 1.43. The number of fused-ring (bicyclic) bond motifs is 1. The SMILES string of the molecule is O=Cc1ccc2n[nH]c(C3CCCC3)c2c1. The number of benzene rings is 1. The lowest BCUT2D eigenvalue weighted by molar-refractivity contribution is 0.112. The molecule has 1 aromatic carbocycles. The molecule has 82 valence electrons. The number of carbonyl (C=O) groups excluding carboxylic acids is 1. The molecule has 0 radical (unpaired) electrons. The highest BCUT2D eigenvalue weighted by atomic mass is 16.1. The molecule has 0 amide bonds. The van der Waals surface area contributed by atoms with Crippen molar-refractivity contribution in [1.29, 1.82) is 0 Å². The highest BCUT2D eigenvalue weighted by Gasteiger charge is 2.21. The number of hydrogen-bond donors (Lipinski definition) is 1. The highest BCUT2D eigenvalue weighted by Crippen LogP contribution is 2.36. The Hall–Kier alpha value is -1.64. The fourth-order valence-electron chi connectivity index (χ4n) is 2.65. The van der Waals surface area contributed by atoms with E-state index in [1.807, 2.05) is 18.2 Å². The van der Waals surface area contributed by atoms with Crippen molar-refractivity contribution in [2.45, 2.75) is 31.6 Å². The molecule has 1 aromatic heterocycles.